The summed E-state index contributed by atoms with van der Waals surface area (Å²) in [6, 6.07) is 7.07. The lowest BCUT2D eigenvalue weighted by atomic mass is 9.97. The number of rotatable bonds is 3. The van der Waals surface area contributed by atoms with Crippen molar-refractivity contribution in [3.05, 3.63) is 53.3 Å². The second-order valence-electron chi connectivity index (χ2n) is 4.32. The summed E-state index contributed by atoms with van der Waals surface area (Å²) in [6.07, 6.45) is 4.82. The van der Waals surface area contributed by atoms with Gasteiger partial charge in [0.15, 0.2) is 0 Å². The molecule has 1 aliphatic carbocycles. The standard InChI is InChI=1S/C14H16O3/c15-12-5-3-10(4-6-12)1-2-11-7-13(16)9-14(17)8-11/h3-8,13,15-17H,1-2,9H2/t13-/m0/s1. The lowest BCUT2D eigenvalue weighted by molar-refractivity contribution is 0.198. The average Bonchev–Trinajstić information content (AvgIpc) is 2.27. The minimum atomic E-state index is -0.574. The molecule has 0 heterocycles. The fourth-order valence-corrected chi connectivity index (χ4v) is 1.95. The SMILES string of the molecule is OC1=CC(CCc2ccc(O)cc2)=C[C@H](O)C1. The van der Waals surface area contributed by atoms with Gasteiger partial charge in [0, 0.05) is 6.42 Å². The molecule has 0 amide bonds. The molecule has 17 heavy (non-hydrogen) atoms. The Hall–Kier alpha value is -1.74. The number of aryl methyl sites for hydroxylation is 1. The van der Waals surface area contributed by atoms with Crippen molar-refractivity contribution in [3.8, 4) is 5.75 Å². The highest BCUT2D eigenvalue weighted by molar-refractivity contribution is 5.30. The summed E-state index contributed by atoms with van der Waals surface area (Å²) in [6.45, 7) is 0. The second kappa shape index (κ2) is 5.06. The highest BCUT2D eigenvalue weighted by Gasteiger charge is 2.11. The molecule has 0 fully saturated rings. The molecule has 0 radical (unpaired) electrons. The first kappa shape index (κ1) is 11.7. The van der Waals surface area contributed by atoms with Crippen molar-refractivity contribution in [1.29, 1.82) is 0 Å². The maximum atomic E-state index is 9.47. The van der Waals surface area contributed by atoms with E-state index in [-0.39, 0.29) is 11.5 Å². The number of allylic oxidation sites excluding steroid dienone is 2. The quantitative estimate of drug-likeness (QED) is 0.750. The van der Waals surface area contributed by atoms with Crippen LogP contribution in [0.25, 0.3) is 0 Å². The van der Waals surface area contributed by atoms with Gasteiger partial charge in [-0.05, 0) is 42.2 Å². The van der Waals surface area contributed by atoms with E-state index in [0.29, 0.717) is 6.42 Å². The molecule has 90 valence electrons. The summed E-state index contributed by atoms with van der Waals surface area (Å²) in [5, 5.41) is 28.0. The van der Waals surface area contributed by atoms with Crippen molar-refractivity contribution in [3.63, 3.8) is 0 Å². The summed E-state index contributed by atoms with van der Waals surface area (Å²) < 4.78 is 0. The van der Waals surface area contributed by atoms with Crippen LogP contribution in [0.5, 0.6) is 5.75 Å². The van der Waals surface area contributed by atoms with E-state index in [9.17, 15) is 10.2 Å². The summed E-state index contributed by atoms with van der Waals surface area (Å²) in [5.41, 5.74) is 2.07. The van der Waals surface area contributed by atoms with Gasteiger partial charge in [0.2, 0.25) is 0 Å². The van der Waals surface area contributed by atoms with Gasteiger partial charge in [0.1, 0.15) is 5.75 Å². The Bertz CT molecular complexity index is 443. The smallest absolute Gasteiger partial charge is 0.115 e. The lowest BCUT2D eigenvalue weighted by Gasteiger charge is -2.14. The van der Waals surface area contributed by atoms with Gasteiger partial charge >= 0.3 is 0 Å². The Kier molecular flexibility index (Phi) is 3.49. The number of aliphatic hydroxyl groups is 2. The first-order valence-corrected chi connectivity index (χ1v) is 5.70. The van der Waals surface area contributed by atoms with E-state index in [4.69, 9.17) is 5.11 Å². The van der Waals surface area contributed by atoms with Gasteiger partial charge < -0.3 is 15.3 Å². The molecule has 3 nitrogen and oxygen atoms in total. The van der Waals surface area contributed by atoms with Gasteiger partial charge in [0.05, 0.1) is 11.9 Å². The van der Waals surface area contributed by atoms with E-state index in [1.165, 1.54) is 0 Å². The third kappa shape index (κ3) is 3.36. The molecule has 0 aromatic heterocycles. The predicted octanol–water partition coefficient (Wildman–Crippen LogP) is 2.46. The van der Waals surface area contributed by atoms with Crippen LogP contribution >= 0.6 is 0 Å². The number of aromatic hydroxyl groups is 1. The molecule has 0 bridgehead atoms. The van der Waals surface area contributed by atoms with Crippen molar-refractivity contribution in [2.45, 2.75) is 25.4 Å². The number of hydrogen-bond donors (Lipinski definition) is 3. The van der Waals surface area contributed by atoms with E-state index in [2.05, 4.69) is 0 Å². The molecule has 3 heteroatoms. The van der Waals surface area contributed by atoms with E-state index >= 15 is 0 Å². The normalized spacial score (nSPS) is 19.7. The number of aliphatic hydroxyl groups excluding tert-OH is 2. The Labute approximate surface area is 100 Å². The van der Waals surface area contributed by atoms with E-state index in [0.717, 1.165) is 24.0 Å². The molecule has 1 aromatic rings. The monoisotopic (exact) mass is 232 g/mol. The van der Waals surface area contributed by atoms with Crippen LogP contribution in [0.15, 0.2) is 47.7 Å². The van der Waals surface area contributed by atoms with Crippen LogP contribution in [0.3, 0.4) is 0 Å². The van der Waals surface area contributed by atoms with Crippen molar-refractivity contribution < 1.29 is 15.3 Å². The number of hydrogen-bond acceptors (Lipinski definition) is 3. The molecule has 0 unspecified atom stereocenters. The molecular weight excluding hydrogens is 216 g/mol. The van der Waals surface area contributed by atoms with Gasteiger partial charge in [-0.3, -0.25) is 0 Å². The maximum Gasteiger partial charge on any atom is 0.115 e. The van der Waals surface area contributed by atoms with Crippen molar-refractivity contribution in [2.75, 3.05) is 0 Å². The largest absolute Gasteiger partial charge is 0.512 e. The van der Waals surface area contributed by atoms with Crippen molar-refractivity contribution in [2.24, 2.45) is 0 Å². The maximum absolute atomic E-state index is 9.47. The van der Waals surface area contributed by atoms with Gasteiger partial charge in [-0.25, -0.2) is 0 Å². The first-order valence-electron chi connectivity index (χ1n) is 5.70. The van der Waals surface area contributed by atoms with E-state index in [1.807, 2.05) is 12.1 Å². The molecule has 2 rings (SSSR count). The second-order valence-corrected chi connectivity index (χ2v) is 4.32. The number of benzene rings is 1. The van der Waals surface area contributed by atoms with Gasteiger partial charge in [-0.2, -0.15) is 0 Å². The molecule has 0 aliphatic heterocycles. The molecule has 0 saturated heterocycles. The predicted molar refractivity (Wildman–Crippen MR) is 65.8 cm³/mol. The van der Waals surface area contributed by atoms with Crippen LogP contribution < -0.4 is 0 Å². The Morgan fingerprint density at radius 2 is 1.76 bits per heavy atom. The van der Waals surface area contributed by atoms with Crippen LogP contribution in [0.1, 0.15) is 18.4 Å². The van der Waals surface area contributed by atoms with Gasteiger partial charge in [-0.1, -0.05) is 18.2 Å². The van der Waals surface area contributed by atoms with E-state index in [1.54, 1.807) is 24.3 Å². The Morgan fingerprint density at radius 1 is 1.06 bits per heavy atom. The zero-order chi connectivity index (χ0) is 12.3. The van der Waals surface area contributed by atoms with Crippen LogP contribution in [0.4, 0.5) is 0 Å². The number of phenols is 1. The highest BCUT2D eigenvalue weighted by atomic mass is 16.3. The fraction of sp³-hybridized carbons (Fsp3) is 0.286. The van der Waals surface area contributed by atoms with E-state index < -0.39 is 6.10 Å². The molecule has 1 aliphatic rings. The molecule has 1 atom stereocenters. The topological polar surface area (TPSA) is 60.7 Å². The number of phenolic OH excluding ortho intramolecular Hbond substituents is 1. The zero-order valence-corrected chi connectivity index (χ0v) is 9.50. The summed E-state index contributed by atoms with van der Waals surface area (Å²) >= 11 is 0. The van der Waals surface area contributed by atoms with Gasteiger partial charge in [0.25, 0.3) is 0 Å². The zero-order valence-electron chi connectivity index (χ0n) is 9.50. The Balaban J connectivity index is 1.96. The minimum Gasteiger partial charge on any atom is -0.512 e. The van der Waals surface area contributed by atoms with Crippen LogP contribution in [-0.2, 0) is 6.42 Å². The molecule has 3 N–H and O–H groups in total. The van der Waals surface area contributed by atoms with Crippen LogP contribution in [-0.4, -0.2) is 21.4 Å². The fourth-order valence-electron chi connectivity index (χ4n) is 1.95. The average molecular weight is 232 g/mol. The molecule has 0 saturated carbocycles. The summed E-state index contributed by atoms with van der Waals surface area (Å²) in [7, 11) is 0. The van der Waals surface area contributed by atoms with Crippen molar-refractivity contribution >= 4 is 0 Å². The Morgan fingerprint density at radius 3 is 2.41 bits per heavy atom. The lowest BCUT2D eigenvalue weighted by Crippen LogP contribution is -2.09. The molecule has 1 aromatic carbocycles. The van der Waals surface area contributed by atoms with Crippen LogP contribution in [0, 0.1) is 0 Å². The first-order chi connectivity index (χ1) is 8.13. The van der Waals surface area contributed by atoms with Gasteiger partial charge in [-0.15, -0.1) is 0 Å². The third-order valence-electron chi connectivity index (χ3n) is 2.82. The summed E-state index contributed by atoms with van der Waals surface area (Å²) in [4.78, 5) is 0. The van der Waals surface area contributed by atoms with Crippen LogP contribution in [0.2, 0.25) is 0 Å². The van der Waals surface area contributed by atoms with Crippen molar-refractivity contribution in [1.82, 2.24) is 0 Å². The molecular formula is C14H16O3. The minimum absolute atomic E-state index is 0.237. The summed E-state index contributed by atoms with van der Waals surface area (Å²) in [5.74, 6) is 0.499. The third-order valence-corrected chi connectivity index (χ3v) is 2.82. The molecule has 0 spiro atoms. The highest BCUT2D eigenvalue weighted by Crippen LogP contribution is 2.20.